The van der Waals surface area contributed by atoms with Crippen molar-refractivity contribution in [1.82, 2.24) is 9.55 Å². The average molecular weight is 266 g/mol. The van der Waals surface area contributed by atoms with E-state index < -0.39 is 0 Å². The molecule has 0 aliphatic carbocycles. The molecule has 2 aromatic rings. The maximum atomic E-state index is 6.05. The molecule has 1 aromatic carbocycles. The molecule has 3 nitrogen and oxygen atoms in total. The Bertz CT molecular complexity index is 518. The molecule has 0 amide bonds. The van der Waals surface area contributed by atoms with Crippen LogP contribution in [0, 0.1) is 0 Å². The molecule has 1 aromatic heterocycles. The third-order valence-electron chi connectivity index (χ3n) is 2.97. The van der Waals surface area contributed by atoms with E-state index in [4.69, 9.17) is 5.73 Å². The lowest BCUT2D eigenvalue weighted by atomic mass is 10.1. The van der Waals surface area contributed by atoms with Crippen LogP contribution in [0.4, 0.5) is 0 Å². The summed E-state index contributed by atoms with van der Waals surface area (Å²) in [5.74, 6) is 1.04. The van der Waals surface area contributed by atoms with Crippen molar-refractivity contribution in [2.75, 3.05) is 0 Å². The normalized spacial score (nSPS) is 20.5. The first-order chi connectivity index (χ1) is 7.25. The van der Waals surface area contributed by atoms with Gasteiger partial charge in [-0.15, -0.1) is 0 Å². The highest BCUT2D eigenvalue weighted by Crippen LogP contribution is 2.28. The Kier molecular flexibility index (Phi) is 2.07. The number of aryl methyl sites for hydroxylation is 1. The first-order valence-corrected chi connectivity index (χ1v) is 5.96. The van der Waals surface area contributed by atoms with E-state index in [9.17, 15) is 0 Å². The molecule has 1 aliphatic heterocycles. The van der Waals surface area contributed by atoms with Crippen molar-refractivity contribution in [3.8, 4) is 0 Å². The smallest absolute Gasteiger partial charge is 0.126 e. The van der Waals surface area contributed by atoms with E-state index in [2.05, 4.69) is 37.6 Å². The molecule has 0 fully saturated rings. The van der Waals surface area contributed by atoms with Crippen LogP contribution in [0.2, 0.25) is 0 Å². The molecule has 15 heavy (non-hydrogen) atoms. The predicted molar refractivity (Wildman–Crippen MR) is 63.6 cm³/mol. The minimum Gasteiger partial charge on any atom is -0.327 e. The van der Waals surface area contributed by atoms with Crippen LogP contribution in [0.5, 0.6) is 0 Å². The Hall–Kier alpha value is -0.870. The van der Waals surface area contributed by atoms with Crippen LogP contribution in [0.3, 0.4) is 0 Å². The topological polar surface area (TPSA) is 43.8 Å². The molecule has 0 radical (unpaired) electrons. The highest BCUT2D eigenvalue weighted by molar-refractivity contribution is 9.10. The lowest BCUT2D eigenvalue weighted by molar-refractivity contribution is 0.459. The van der Waals surface area contributed by atoms with Crippen LogP contribution in [0.25, 0.3) is 11.0 Å². The molecule has 78 valence electrons. The van der Waals surface area contributed by atoms with E-state index in [-0.39, 0.29) is 6.04 Å². The van der Waals surface area contributed by atoms with Gasteiger partial charge in [0, 0.05) is 11.0 Å². The van der Waals surface area contributed by atoms with Crippen LogP contribution >= 0.6 is 15.9 Å². The third-order valence-corrected chi connectivity index (χ3v) is 3.46. The van der Waals surface area contributed by atoms with Crippen LogP contribution in [-0.4, -0.2) is 9.55 Å². The fourth-order valence-corrected chi connectivity index (χ4v) is 2.59. The molecule has 1 unspecified atom stereocenters. The molecule has 1 atom stereocenters. The third kappa shape index (κ3) is 1.40. The largest absolute Gasteiger partial charge is 0.327 e. The lowest BCUT2D eigenvalue weighted by Crippen LogP contribution is -2.21. The Morgan fingerprint density at radius 2 is 2.33 bits per heavy atom. The summed E-state index contributed by atoms with van der Waals surface area (Å²) in [4.78, 5) is 4.60. The second-order valence-corrected chi connectivity index (χ2v) is 4.92. The van der Waals surface area contributed by atoms with Crippen molar-refractivity contribution in [3.05, 3.63) is 28.5 Å². The fourth-order valence-electron chi connectivity index (χ4n) is 2.24. The molecular formula is C11H12BrN3. The van der Waals surface area contributed by atoms with E-state index in [1.54, 1.807) is 0 Å². The maximum absolute atomic E-state index is 6.05. The summed E-state index contributed by atoms with van der Waals surface area (Å²) < 4.78 is 3.31. The van der Waals surface area contributed by atoms with Gasteiger partial charge in [-0.1, -0.05) is 15.9 Å². The molecule has 0 saturated carbocycles. The minimum absolute atomic E-state index is 0.102. The molecule has 2 heterocycles. The van der Waals surface area contributed by atoms with E-state index in [1.165, 1.54) is 5.52 Å². The van der Waals surface area contributed by atoms with Gasteiger partial charge in [0.15, 0.2) is 0 Å². The quantitative estimate of drug-likeness (QED) is 0.796. The second-order valence-electron chi connectivity index (χ2n) is 4.00. The molecule has 0 spiro atoms. The van der Waals surface area contributed by atoms with E-state index >= 15 is 0 Å². The Balaban J connectivity index is 2.30. The van der Waals surface area contributed by atoms with Crippen LogP contribution in [0.15, 0.2) is 22.7 Å². The molecule has 0 saturated heterocycles. The highest BCUT2D eigenvalue weighted by Gasteiger charge is 2.20. The number of benzene rings is 1. The summed E-state index contributed by atoms with van der Waals surface area (Å²) in [5, 5.41) is 0. The molecule has 2 N–H and O–H groups in total. The summed E-state index contributed by atoms with van der Waals surface area (Å²) in [6.07, 6.45) is 2.19. The van der Waals surface area contributed by atoms with E-state index in [0.717, 1.165) is 35.2 Å². The van der Waals surface area contributed by atoms with Gasteiger partial charge in [-0.2, -0.15) is 0 Å². The SMILES string of the molecule is NC1CCCn2c1nc1cc(Br)ccc12. The second kappa shape index (κ2) is 3.32. The van der Waals surface area contributed by atoms with Gasteiger partial charge in [0.05, 0.1) is 17.1 Å². The van der Waals surface area contributed by atoms with Gasteiger partial charge in [-0.05, 0) is 31.0 Å². The van der Waals surface area contributed by atoms with Crippen molar-refractivity contribution < 1.29 is 0 Å². The number of hydrogen-bond donors (Lipinski definition) is 1. The van der Waals surface area contributed by atoms with Crippen LogP contribution in [-0.2, 0) is 6.54 Å². The number of halogens is 1. The Labute approximate surface area is 96.4 Å². The first-order valence-electron chi connectivity index (χ1n) is 5.17. The van der Waals surface area contributed by atoms with Crippen molar-refractivity contribution in [2.24, 2.45) is 5.73 Å². The van der Waals surface area contributed by atoms with Crippen molar-refractivity contribution in [3.63, 3.8) is 0 Å². The zero-order valence-electron chi connectivity index (χ0n) is 8.28. The van der Waals surface area contributed by atoms with Gasteiger partial charge in [0.25, 0.3) is 0 Å². The molecular weight excluding hydrogens is 254 g/mol. The number of rotatable bonds is 0. The molecule has 0 bridgehead atoms. The van der Waals surface area contributed by atoms with Crippen LogP contribution in [0.1, 0.15) is 24.7 Å². The summed E-state index contributed by atoms with van der Waals surface area (Å²) in [5.41, 5.74) is 8.29. The molecule has 4 heteroatoms. The van der Waals surface area contributed by atoms with Gasteiger partial charge in [-0.3, -0.25) is 0 Å². The number of aromatic nitrogens is 2. The van der Waals surface area contributed by atoms with Crippen molar-refractivity contribution >= 4 is 27.0 Å². The summed E-state index contributed by atoms with van der Waals surface area (Å²) in [7, 11) is 0. The Morgan fingerprint density at radius 1 is 1.47 bits per heavy atom. The predicted octanol–water partition coefficient (Wildman–Crippen LogP) is 2.59. The molecule has 1 aliphatic rings. The summed E-state index contributed by atoms with van der Waals surface area (Å²) in [6.45, 7) is 1.04. The number of nitrogens with zero attached hydrogens (tertiary/aromatic N) is 2. The summed E-state index contributed by atoms with van der Waals surface area (Å²) >= 11 is 3.46. The average Bonchev–Trinajstić information content (AvgIpc) is 2.57. The van der Waals surface area contributed by atoms with Gasteiger partial charge in [-0.25, -0.2) is 4.98 Å². The molecule has 3 rings (SSSR count). The van der Waals surface area contributed by atoms with Crippen molar-refractivity contribution in [2.45, 2.75) is 25.4 Å². The first kappa shape index (κ1) is 9.36. The fraction of sp³-hybridized carbons (Fsp3) is 0.364. The number of fused-ring (bicyclic) bond motifs is 3. The summed E-state index contributed by atoms with van der Waals surface area (Å²) in [6, 6.07) is 6.31. The zero-order valence-corrected chi connectivity index (χ0v) is 9.87. The maximum Gasteiger partial charge on any atom is 0.126 e. The highest BCUT2D eigenvalue weighted by atomic mass is 79.9. The lowest BCUT2D eigenvalue weighted by Gasteiger charge is -2.20. The van der Waals surface area contributed by atoms with E-state index in [0.29, 0.717) is 0 Å². The van der Waals surface area contributed by atoms with E-state index in [1.807, 2.05) is 6.07 Å². The van der Waals surface area contributed by atoms with Crippen molar-refractivity contribution in [1.29, 1.82) is 0 Å². The zero-order chi connectivity index (χ0) is 10.4. The minimum atomic E-state index is 0.102. The monoisotopic (exact) mass is 265 g/mol. The van der Waals surface area contributed by atoms with Gasteiger partial charge in [0.2, 0.25) is 0 Å². The van der Waals surface area contributed by atoms with Crippen LogP contribution < -0.4 is 5.73 Å². The number of hydrogen-bond acceptors (Lipinski definition) is 2. The number of imidazole rings is 1. The standard InChI is InChI=1S/C11H12BrN3/c12-7-3-4-10-9(6-7)14-11-8(13)2-1-5-15(10)11/h3-4,6,8H,1-2,5,13H2. The van der Waals surface area contributed by atoms with Gasteiger partial charge in [0.1, 0.15) is 5.82 Å². The van der Waals surface area contributed by atoms with Gasteiger partial charge >= 0.3 is 0 Å². The number of nitrogens with two attached hydrogens (primary N) is 1. The Morgan fingerprint density at radius 3 is 3.20 bits per heavy atom. The van der Waals surface area contributed by atoms with Gasteiger partial charge < -0.3 is 10.3 Å².